The highest BCUT2D eigenvalue weighted by molar-refractivity contribution is 6.13. The van der Waals surface area contributed by atoms with Crippen LogP contribution < -0.4 is 16.4 Å². The molecule has 5 aromatic rings. The number of para-hydroxylation sites is 2. The topological polar surface area (TPSA) is 123 Å². The second-order valence-electron chi connectivity index (χ2n) is 6.79. The number of nitrogens with one attached hydrogen (secondary N) is 4. The van der Waals surface area contributed by atoms with Gasteiger partial charge in [-0.2, -0.15) is 5.10 Å². The number of aromatic nitrogens is 4. The largest absolute Gasteiger partial charge is 0.354 e. The number of anilines is 1. The summed E-state index contributed by atoms with van der Waals surface area (Å²) in [5.41, 5.74) is 2.13. The van der Waals surface area contributed by atoms with Crippen molar-refractivity contribution < 1.29 is 4.79 Å². The lowest BCUT2D eigenvalue weighted by Crippen LogP contribution is -2.14. The van der Waals surface area contributed by atoms with Crippen LogP contribution in [0.5, 0.6) is 0 Å². The van der Waals surface area contributed by atoms with Gasteiger partial charge in [0.2, 0.25) is 0 Å². The molecule has 0 saturated carbocycles. The van der Waals surface area contributed by atoms with Gasteiger partial charge in [0.1, 0.15) is 0 Å². The van der Waals surface area contributed by atoms with E-state index in [0.29, 0.717) is 44.4 Å². The molecule has 30 heavy (non-hydrogen) atoms. The Kier molecular flexibility index (Phi) is 4.03. The summed E-state index contributed by atoms with van der Waals surface area (Å²) >= 11 is 0. The van der Waals surface area contributed by atoms with Gasteiger partial charge in [-0.05, 0) is 36.4 Å². The first-order valence-corrected chi connectivity index (χ1v) is 9.20. The maximum Gasteiger partial charge on any atom is 0.340 e. The van der Waals surface area contributed by atoms with Crippen molar-refractivity contribution >= 4 is 33.4 Å². The molecule has 0 aliphatic carbocycles. The molecule has 0 unspecified atom stereocenters. The van der Waals surface area contributed by atoms with Gasteiger partial charge in [0.05, 0.1) is 11.1 Å². The number of carbonyl (C=O) groups excluding carboxylic acids is 1. The van der Waals surface area contributed by atoms with E-state index >= 15 is 0 Å². The van der Waals surface area contributed by atoms with E-state index in [1.54, 1.807) is 60.7 Å². The Morgan fingerprint density at radius 2 is 1.67 bits per heavy atom. The lowest BCUT2D eigenvalue weighted by molar-refractivity contribution is 0.102. The zero-order chi connectivity index (χ0) is 20.7. The average Bonchev–Trinajstić information content (AvgIpc) is 3.20. The fourth-order valence-corrected chi connectivity index (χ4v) is 3.48. The van der Waals surface area contributed by atoms with Gasteiger partial charge in [0.25, 0.3) is 5.91 Å². The molecule has 2 aromatic heterocycles. The number of amides is 1. The Morgan fingerprint density at radius 3 is 2.50 bits per heavy atom. The predicted molar refractivity (Wildman–Crippen MR) is 115 cm³/mol. The number of benzene rings is 3. The molecule has 0 spiro atoms. The van der Waals surface area contributed by atoms with Crippen LogP contribution in [0.3, 0.4) is 0 Å². The zero-order valence-corrected chi connectivity index (χ0v) is 15.5. The van der Waals surface area contributed by atoms with E-state index < -0.39 is 5.69 Å². The molecule has 2 heterocycles. The molecule has 8 nitrogen and oxygen atoms in total. The number of H-pyrrole nitrogens is 3. The van der Waals surface area contributed by atoms with E-state index in [9.17, 15) is 14.4 Å². The lowest BCUT2D eigenvalue weighted by atomic mass is 10.1. The van der Waals surface area contributed by atoms with Crippen molar-refractivity contribution in [2.45, 2.75) is 0 Å². The highest BCUT2D eigenvalue weighted by Gasteiger charge is 2.14. The monoisotopic (exact) mass is 397 g/mol. The van der Waals surface area contributed by atoms with Crippen molar-refractivity contribution in [2.75, 3.05) is 5.32 Å². The van der Waals surface area contributed by atoms with Crippen molar-refractivity contribution in [1.82, 2.24) is 20.2 Å². The van der Waals surface area contributed by atoms with Gasteiger partial charge in [-0.1, -0.05) is 30.3 Å². The number of hydrogen-bond acceptors (Lipinski definition) is 4. The third-order valence-electron chi connectivity index (χ3n) is 4.88. The van der Waals surface area contributed by atoms with E-state index in [-0.39, 0.29) is 11.3 Å². The van der Waals surface area contributed by atoms with E-state index in [1.807, 2.05) is 6.07 Å². The summed E-state index contributed by atoms with van der Waals surface area (Å²) in [7, 11) is 0. The average molecular weight is 397 g/mol. The Labute approximate surface area is 168 Å². The molecule has 8 heteroatoms. The normalized spacial score (nSPS) is 11.1. The molecule has 5 rings (SSSR count). The van der Waals surface area contributed by atoms with Crippen molar-refractivity contribution in [3.8, 4) is 11.4 Å². The molecule has 0 radical (unpaired) electrons. The maximum atomic E-state index is 13.0. The summed E-state index contributed by atoms with van der Waals surface area (Å²) in [4.78, 5) is 42.9. The SMILES string of the molecule is O=C(Nc1cccc(-c2n[nH]c(=O)[nH]2)c1)c1cccc2c(=O)c3ccccc3[nH]c12. The van der Waals surface area contributed by atoms with E-state index in [4.69, 9.17) is 0 Å². The van der Waals surface area contributed by atoms with Gasteiger partial charge < -0.3 is 10.3 Å². The summed E-state index contributed by atoms with van der Waals surface area (Å²) in [5, 5.41) is 10.1. The molecule has 0 saturated heterocycles. The second kappa shape index (κ2) is 6.85. The van der Waals surface area contributed by atoms with Crippen LogP contribution in [0.25, 0.3) is 33.2 Å². The van der Waals surface area contributed by atoms with Crippen molar-refractivity contribution in [3.63, 3.8) is 0 Å². The number of nitrogens with zero attached hydrogens (tertiary/aromatic N) is 1. The molecule has 1 amide bonds. The number of fused-ring (bicyclic) bond motifs is 2. The Bertz CT molecular complexity index is 1540. The summed E-state index contributed by atoms with van der Waals surface area (Å²) in [6.07, 6.45) is 0. The van der Waals surface area contributed by atoms with Crippen LogP contribution in [-0.4, -0.2) is 26.1 Å². The molecule has 0 fully saturated rings. The van der Waals surface area contributed by atoms with Crippen LogP contribution >= 0.6 is 0 Å². The number of aromatic amines is 3. The first kappa shape index (κ1) is 17.6. The summed E-state index contributed by atoms with van der Waals surface area (Å²) in [6, 6.07) is 19.2. The highest BCUT2D eigenvalue weighted by atomic mass is 16.2. The minimum atomic E-state index is -0.411. The predicted octanol–water partition coefficient (Wildman–Crippen LogP) is 3.01. The van der Waals surface area contributed by atoms with Crippen molar-refractivity contribution in [3.05, 3.63) is 93.0 Å². The standard InChI is InChI=1S/C22H15N5O3/c28-19-14-7-1-2-10-17(14)24-18-15(19)8-4-9-16(18)21(29)23-13-6-3-5-12(11-13)20-25-22(30)27-26-20/h1-11H,(H,23,29)(H,24,28)(H2,25,26,27,30). The van der Waals surface area contributed by atoms with Gasteiger partial charge in [0.15, 0.2) is 11.3 Å². The van der Waals surface area contributed by atoms with Crippen LogP contribution in [0.4, 0.5) is 5.69 Å². The summed E-state index contributed by atoms with van der Waals surface area (Å²) < 4.78 is 0. The number of carbonyl (C=O) groups is 1. The minimum absolute atomic E-state index is 0.126. The van der Waals surface area contributed by atoms with Gasteiger partial charge in [-0.3, -0.25) is 14.6 Å². The first-order valence-electron chi connectivity index (χ1n) is 9.20. The number of rotatable bonds is 3. The maximum absolute atomic E-state index is 13.0. The highest BCUT2D eigenvalue weighted by Crippen LogP contribution is 2.22. The Balaban J connectivity index is 1.56. The third kappa shape index (κ3) is 2.96. The minimum Gasteiger partial charge on any atom is -0.354 e. The number of hydrogen-bond donors (Lipinski definition) is 4. The first-order chi connectivity index (χ1) is 14.6. The molecule has 0 atom stereocenters. The molecule has 0 bridgehead atoms. The smallest absolute Gasteiger partial charge is 0.340 e. The molecule has 0 aliphatic rings. The fraction of sp³-hybridized carbons (Fsp3) is 0. The third-order valence-corrected chi connectivity index (χ3v) is 4.88. The second-order valence-corrected chi connectivity index (χ2v) is 6.79. The lowest BCUT2D eigenvalue weighted by Gasteiger charge is -2.10. The molecule has 4 N–H and O–H groups in total. The van der Waals surface area contributed by atoms with E-state index in [1.165, 1.54) is 0 Å². The Morgan fingerprint density at radius 1 is 0.867 bits per heavy atom. The molecular weight excluding hydrogens is 382 g/mol. The van der Waals surface area contributed by atoms with Gasteiger partial charge in [-0.15, -0.1) is 0 Å². The van der Waals surface area contributed by atoms with Gasteiger partial charge in [-0.25, -0.2) is 9.89 Å². The molecule has 146 valence electrons. The summed E-state index contributed by atoms with van der Waals surface area (Å²) in [5.74, 6) is 0.0104. The Hall–Kier alpha value is -4.46. The van der Waals surface area contributed by atoms with Crippen molar-refractivity contribution in [1.29, 1.82) is 0 Å². The summed E-state index contributed by atoms with van der Waals surface area (Å²) in [6.45, 7) is 0. The van der Waals surface area contributed by atoms with Crippen LogP contribution in [-0.2, 0) is 0 Å². The van der Waals surface area contributed by atoms with Gasteiger partial charge in [0, 0.05) is 27.5 Å². The van der Waals surface area contributed by atoms with Gasteiger partial charge >= 0.3 is 5.69 Å². The van der Waals surface area contributed by atoms with Crippen LogP contribution in [0.1, 0.15) is 10.4 Å². The van der Waals surface area contributed by atoms with Crippen molar-refractivity contribution in [2.24, 2.45) is 0 Å². The molecular formula is C22H15N5O3. The van der Waals surface area contributed by atoms with Crippen LogP contribution in [0, 0.1) is 0 Å². The number of pyridine rings is 1. The van der Waals surface area contributed by atoms with Crippen LogP contribution in [0.15, 0.2) is 76.3 Å². The molecule has 0 aliphatic heterocycles. The zero-order valence-electron chi connectivity index (χ0n) is 15.5. The van der Waals surface area contributed by atoms with E-state index in [2.05, 4.69) is 25.5 Å². The fourth-order valence-electron chi connectivity index (χ4n) is 3.48. The van der Waals surface area contributed by atoms with Crippen LogP contribution in [0.2, 0.25) is 0 Å². The molecule has 3 aromatic carbocycles. The quantitative estimate of drug-likeness (QED) is 0.349. The van der Waals surface area contributed by atoms with E-state index in [0.717, 1.165) is 0 Å².